The fourth-order valence-electron chi connectivity index (χ4n) is 3.17. The van der Waals surface area contributed by atoms with Crippen molar-refractivity contribution in [3.8, 4) is 0 Å². The highest BCUT2D eigenvalue weighted by atomic mass is 14.7. The molecule has 0 amide bonds. The van der Waals surface area contributed by atoms with E-state index >= 15 is 0 Å². The van der Waals surface area contributed by atoms with Crippen LogP contribution < -0.4 is 0 Å². The summed E-state index contributed by atoms with van der Waals surface area (Å²) in [6.45, 7) is 18.8. The minimum atomic E-state index is 1.09. The molecule has 162 valence electrons. The van der Waals surface area contributed by atoms with Gasteiger partial charge in [0.2, 0.25) is 0 Å². The maximum atomic E-state index is 4.52. The number of pyridine rings is 2. The third-order valence-corrected chi connectivity index (χ3v) is 5.55. The summed E-state index contributed by atoms with van der Waals surface area (Å²) in [7, 11) is 0. The van der Waals surface area contributed by atoms with Crippen LogP contribution in [0.4, 0.5) is 0 Å². The number of fused-ring (bicyclic) bond motifs is 1. The van der Waals surface area contributed by atoms with E-state index < -0.39 is 0 Å². The molecular weight excluding hydrogens is 376 g/mol. The first-order valence-corrected chi connectivity index (χ1v) is 10.8. The van der Waals surface area contributed by atoms with Gasteiger partial charge in [0, 0.05) is 23.0 Å². The zero-order chi connectivity index (χ0) is 23.1. The third-order valence-electron chi connectivity index (χ3n) is 5.55. The summed E-state index contributed by atoms with van der Waals surface area (Å²) in [5.74, 6) is 0. The summed E-state index contributed by atoms with van der Waals surface area (Å²) in [4.78, 5) is 8.69. The Morgan fingerprint density at radius 2 is 1.06 bits per heavy atom. The van der Waals surface area contributed by atoms with Gasteiger partial charge in [0.1, 0.15) is 0 Å². The number of aromatic nitrogens is 2. The van der Waals surface area contributed by atoms with E-state index in [1.165, 1.54) is 44.3 Å². The predicted octanol–water partition coefficient (Wildman–Crippen LogP) is 7.78. The molecule has 0 saturated heterocycles. The highest BCUT2D eigenvalue weighted by Crippen LogP contribution is 2.17. The second kappa shape index (κ2) is 10.9. The van der Waals surface area contributed by atoms with Gasteiger partial charge in [0.05, 0.1) is 5.52 Å². The molecule has 2 aromatic heterocycles. The van der Waals surface area contributed by atoms with Crippen LogP contribution in [0.5, 0.6) is 0 Å². The number of hydrogen-bond acceptors (Lipinski definition) is 2. The topological polar surface area (TPSA) is 25.8 Å². The molecule has 0 unspecified atom stereocenters. The molecule has 31 heavy (non-hydrogen) atoms. The van der Waals surface area contributed by atoms with Gasteiger partial charge in [0.25, 0.3) is 0 Å². The second-order valence-electron chi connectivity index (χ2n) is 8.59. The number of benzene rings is 2. The average molecular weight is 413 g/mol. The van der Waals surface area contributed by atoms with Crippen molar-refractivity contribution in [2.24, 2.45) is 0 Å². The normalized spacial score (nSPS) is 10.1. The SMILES string of the molecule is Cc1ccc(C)c(C)c1.Cc1ccc2nc(C)c(C)cc2c1.Cc1cnc(C)c(C)c1. The number of hydrogen-bond donors (Lipinski definition) is 0. The monoisotopic (exact) mass is 412 g/mol. The minimum absolute atomic E-state index is 1.09. The fourth-order valence-corrected chi connectivity index (χ4v) is 3.17. The van der Waals surface area contributed by atoms with Crippen molar-refractivity contribution in [1.82, 2.24) is 9.97 Å². The quantitative estimate of drug-likeness (QED) is 0.295. The van der Waals surface area contributed by atoms with Gasteiger partial charge in [-0.25, -0.2) is 0 Å². The van der Waals surface area contributed by atoms with Crippen LogP contribution in [0, 0.1) is 62.3 Å². The van der Waals surface area contributed by atoms with E-state index in [1.54, 1.807) is 0 Å². The van der Waals surface area contributed by atoms with E-state index in [0.717, 1.165) is 16.9 Å². The molecule has 0 N–H and O–H groups in total. The van der Waals surface area contributed by atoms with Crippen LogP contribution in [0.25, 0.3) is 10.9 Å². The van der Waals surface area contributed by atoms with Crippen molar-refractivity contribution >= 4 is 10.9 Å². The van der Waals surface area contributed by atoms with Crippen molar-refractivity contribution in [2.45, 2.75) is 62.3 Å². The summed E-state index contributed by atoms with van der Waals surface area (Å²) >= 11 is 0. The Morgan fingerprint density at radius 3 is 1.65 bits per heavy atom. The smallest absolute Gasteiger partial charge is 0.0705 e. The Morgan fingerprint density at radius 1 is 0.484 bits per heavy atom. The molecular formula is C29H36N2. The maximum Gasteiger partial charge on any atom is 0.0705 e. The van der Waals surface area contributed by atoms with E-state index in [0.29, 0.717) is 0 Å². The highest BCUT2D eigenvalue weighted by molar-refractivity contribution is 5.80. The molecule has 0 aliphatic rings. The highest BCUT2D eigenvalue weighted by Gasteiger charge is 1.98. The zero-order valence-corrected chi connectivity index (χ0v) is 20.6. The molecule has 0 saturated carbocycles. The second-order valence-corrected chi connectivity index (χ2v) is 8.59. The molecule has 2 heterocycles. The van der Waals surface area contributed by atoms with Gasteiger partial charge in [-0.3, -0.25) is 9.97 Å². The lowest BCUT2D eigenvalue weighted by molar-refractivity contribution is 1.12. The van der Waals surface area contributed by atoms with Crippen molar-refractivity contribution in [2.75, 3.05) is 0 Å². The largest absolute Gasteiger partial charge is 0.261 e. The molecule has 0 aliphatic heterocycles. The van der Waals surface area contributed by atoms with Crippen molar-refractivity contribution in [1.29, 1.82) is 0 Å². The molecule has 0 bridgehead atoms. The van der Waals surface area contributed by atoms with Gasteiger partial charge < -0.3 is 0 Å². The summed E-state index contributed by atoms with van der Waals surface area (Å²) in [6.07, 6.45) is 1.89. The van der Waals surface area contributed by atoms with Gasteiger partial charge in [-0.1, -0.05) is 41.5 Å². The average Bonchev–Trinajstić information content (AvgIpc) is 2.70. The summed E-state index contributed by atoms with van der Waals surface area (Å²) in [6, 6.07) is 17.2. The predicted molar refractivity (Wildman–Crippen MR) is 135 cm³/mol. The Kier molecular flexibility index (Phi) is 8.50. The molecule has 2 aromatic carbocycles. The van der Waals surface area contributed by atoms with Crippen LogP contribution in [0.2, 0.25) is 0 Å². The lowest BCUT2D eigenvalue weighted by atomic mass is 10.1. The first-order valence-electron chi connectivity index (χ1n) is 10.8. The molecule has 0 radical (unpaired) electrons. The van der Waals surface area contributed by atoms with Crippen LogP contribution in [-0.4, -0.2) is 9.97 Å². The molecule has 2 heteroatoms. The number of nitrogens with zero attached hydrogens (tertiary/aromatic N) is 2. The number of aryl methyl sites for hydroxylation is 9. The molecule has 0 spiro atoms. The first-order chi connectivity index (χ1) is 14.6. The van der Waals surface area contributed by atoms with Crippen LogP contribution in [0.15, 0.2) is 54.7 Å². The minimum Gasteiger partial charge on any atom is -0.261 e. The summed E-state index contributed by atoms with van der Waals surface area (Å²) in [5.41, 5.74) is 12.5. The molecule has 0 fully saturated rings. The van der Waals surface area contributed by atoms with Crippen LogP contribution >= 0.6 is 0 Å². The Labute approximate surface area is 188 Å². The molecule has 2 nitrogen and oxygen atoms in total. The van der Waals surface area contributed by atoms with Gasteiger partial charge in [0.15, 0.2) is 0 Å². The van der Waals surface area contributed by atoms with E-state index in [1.807, 2.05) is 13.1 Å². The van der Waals surface area contributed by atoms with E-state index in [-0.39, 0.29) is 0 Å². The zero-order valence-electron chi connectivity index (χ0n) is 20.6. The van der Waals surface area contributed by atoms with Crippen LogP contribution in [-0.2, 0) is 0 Å². The van der Waals surface area contributed by atoms with Crippen LogP contribution in [0.1, 0.15) is 50.3 Å². The Bertz CT molecular complexity index is 1120. The van der Waals surface area contributed by atoms with Gasteiger partial charge in [-0.2, -0.15) is 0 Å². The fraction of sp³-hybridized carbons (Fsp3) is 0.310. The third kappa shape index (κ3) is 7.32. The van der Waals surface area contributed by atoms with Crippen molar-refractivity contribution < 1.29 is 0 Å². The summed E-state index contributed by atoms with van der Waals surface area (Å²) in [5, 5.41) is 1.24. The van der Waals surface area contributed by atoms with Crippen molar-refractivity contribution in [3.05, 3.63) is 105 Å². The van der Waals surface area contributed by atoms with Gasteiger partial charge >= 0.3 is 0 Å². The lowest BCUT2D eigenvalue weighted by Crippen LogP contribution is -1.88. The standard InChI is InChI=1S/C12H13N.C9H12.C8H11N/c1-8-4-5-12-11(6-8)7-9(2)10(3)13-12;1-7-4-5-8(2)9(3)6-7;1-6-4-7(2)8(3)9-5-6/h4-7H,1-3H3;4-6H,1-3H3;4-5H,1-3H3. The Balaban J connectivity index is 0.000000170. The lowest BCUT2D eigenvalue weighted by Gasteiger charge is -2.03. The first kappa shape index (κ1) is 24.3. The maximum absolute atomic E-state index is 4.52. The van der Waals surface area contributed by atoms with E-state index in [4.69, 9.17) is 0 Å². The van der Waals surface area contributed by atoms with Gasteiger partial charge in [-0.05, 0) is 108 Å². The summed E-state index contributed by atoms with van der Waals surface area (Å²) < 4.78 is 0. The molecule has 4 aromatic rings. The van der Waals surface area contributed by atoms with Gasteiger partial charge in [-0.15, -0.1) is 0 Å². The molecule has 4 rings (SSSR count). The van der Waals surface area contributed by atoms with E-state index in [2.05, 4.69) is 114 Å². The van der Waals surface area contributed by atoms with Crippen molar-refractivity contribution in [3.63, 3.8) is 0 Å². The number of rotatable bonds is 0. The molecule has 0 aliphatic carbocycles. The molecule has 0 atom stereocenters. The Hall–Kier alpha value is -3.00. The van der Waals surface area contributed by atoms with E-state index in [9.17, 15) is 0 Å². The van der Waals surface area contributed by atoms with Crippen LogP contribution in [0.3, 0.4) is 0 Å².